The van der Waals surface area contributed by atoms with Crippen LogP contribution >= 0.6 is 0 Å². The number of benzene rings is 1. The first-order chi connectivity index (χ1) is 16.7. The number of ether oxygens (including phenoxy) is 1. The zero-order chi connectivity index (χ0) is 25.5. The molecule has 0 saturated heterocycles. The third kappa shape index (κ3) is 6.90. The maximum absolute atomic E-state index is 14.5. The summed E-state index contributed by atoms with van der Waals surface area (Å²) in [6, 6.07) is 0.540. The van der Waals surface area contributed by atoms with Crippen molar-refractivity contribution < 1.29 is 27.9 Å². The highest BCUT2D eigenvalue weighted by Gasteiger charge is 2.39. The molecule has 194 valence electrons. The summed E-state index contributed by atoms with van der Waals surface area (Å²) < 4.78 is 34.0. The number of halogens is 2. The van der Waals surface area contributed by atoms with Crippen molar-refractivity contribution >= 4 is 17.7 Å². The molecule has 1 heterocycles. The van der Waals surface area contributed by atoms with Gasteiger partial charge in [-0.15, -0.1) is 0 Å². The highest BCUT2D eigenvalue weighted by Crippen LogP contribution is 2.33. The number of nitrogens with zero attached hydrogens (tertiary/aromatic N) is 1. The predicted octanol–water partition coefficient (Wildman–Crippen LogP) is 1.91. The monoisotopic (exact) mass is 494 g/mol. The Balaban J connectivity index is 1.82. The summed E-state index contributed by atoms with van der Waals surface area (Å²) >= 11 is 0. The predicted molar refractivity (Wildman–Crippen MR) is 127 cm³/mol. The van der Waals surface area contributed by atoms with E-state index in [1.54, 1.807) is 14.0 Å². The van der Waals surface area contributed by atoms with Gasteiger partial charge in [0.15, 0.2) is 11.6 Å². The third-order valence-corrected chi connectivity index (χ3v) is 6.64. The highest BCUT2D eigenvalue weighted by atomic mass is 19.2. The third-order valence-electron chi connectivity index (χ3n) is 6.64. The van der Waals surface area contributed by atoms with E-state index in [0.717, 1.165) is 18.9 Å². The SMILES string of the molecule is CCC[C@H]1NC(=O)[C@@H](C)N(C)C(=O)[C@H](C2CC2)NCCOc2c(ccc(F)c2F)CCCNC1=O. The quantitative estimate of drug-likeness (QED) is 0.596. The largest absolute Gasteiger partial charge is 0.489 e. The smallest absolute Gasteiger partial charge is 0.243 e. The fourth-order valence-corrected chi connectivity index (χ4v) is 4.23. The molecule has 3 N–H and O–H groups in total. The first-order valence-electron chi connectivity index (χ1n) is 12.4. The fourth-order valence-electron chi connectivity index (χ4n) is 4.23. The maximum atomic E-state index is 14.5. The van der Waals surface area contributed by atoms with Crippen LogP contribution in [-0.2, 0) is 20.8 Å². The zero-order valence-corrected chi connectivity index (χ0v) is 20.7. The molecule has 1 saturated carbocycles. The maximum Gasteiger partial charge on any atom is 0.243 e. The Morgan fingerprint density at radius 1 is 1.11 bits per heavy atom. The van der Waals surface area contributed by atoms with Crippen LogP contribution in [0.3, 0.4) is 0 Å². The van der Waals surface area contributed by atoms with Gasteiger partial charge in [0.2, 0.25) is 23.5 Å². The van der Waals surface area contributed by atoms with Gasteiger partial charge in [-0.3, -0.25) is 14.4 Å². The molecule has 1 aromatic carbocycles. The summed E-state index contributed by atoms with van der Waals surface area (Å²) in [5, 5.41) is 8.77. The first kappa shape index (κ1) is 26.8. The number of fused-ring (bicyclic) bond motifs is 1. The van der Waals surface area contributed by atoms with Crippen molar-refractivity contribution in [3.8, 4) is 5.75 Å². The van der Waals surface area contributed by atoms with Gasteiger partial charge in [-0.25, -0.2) is 4.39 Å². The molecular weight excluding hydrogens is 458 g/mol. The first-order valence-corrected chi connectivity index (χ1v) is 12.4. The van der Waals surface area contributed by atoms with Gasteiger partial charge in [0.25, 0.3) is 0 Å². The molecule has 2 aliphatic rings. The molecule has 3 atom stereocenters. The van der Waals surface area contributed by atoms with E-state index in [9.17, 15) is 23.2 Å². The lowest BCUT2D eigenvalue weighted by molar-refractivity contribution is -0.141. The molecule has 3 rings (SSSR count). The van der Waals surface area contributed by atoms with E-state index in [4.69, 9.17) is 4.74 Å². The van der Waals surface area contributed by atoms with Crippen molar-refractivity contribution in [3.05, 3.63) is 29.3 Å². The Morgan fingerprint density at radius 3 is 2.54 bits per heavy atom. The van der Waals surface area contributed by atoms with Gasteiger partial charge in [-0.1, -0.05) is 19.4 Å². The van der Waals surface area contributed by atoms with E-state index in [1.807, 2.05) is 6.92 Å². The normalized spacial score (nSPS) is 25.6. The molecule has 0 radical (unpaired) electrons. The number of likely N-dealkylation sites (N-methyl/N-ethyl adjacent to an activating group) is 1. The second-order valence-corrected chi connectivity index (χ2v) is 9.34. The van der Waals surface area contributed by atoms with Gasteiger partial charge in [0.1, 0.15) is 18.7 Å². The van der Waals surface area contributed by atoms with E-state index in [-0.39, 0.29) is 42.5 Å². The van der Waals surface area contributed by atoms with Gasteiger partial charge in [-0.05, 0) is 56.6 Å². The molecule has 8 nitrogen and oxygen atoms in total. The average molecular weight is 495 g/mol. The molecule has 1 aliphatic heterocycles. The number of aryl methyl sites for hydroxylation is 1. The Hall–Kier alpha value is -2.75. The van der Waals surface area contributed by atoms with Crippen LogP contribution in [0.4, 0.5) is 8.78 Å². The molecule has 1 aromatic rings. The summed E-state index contributed by atoms with van der Waals surface area (Å²) in [4.78, 5) is 40.2. The van der Waals surface area contributed by atoms with Crippen molar-refractivity contribution in [2.45, 2.75) is 70.5 Å². The average Bonchev–Trinajstić information content (AvgIpc) is 3.68. The number of rotatable bonds is 3. The molecule has 0 aromatic heterocycles. The molecule has 3 amide bonds. The lowest BCUT2D eigenvalue weighted by Crippen LogP contribution is -2.56. The van der Waals surface area contributed by atoms with Crippen LogP contribution in [0.1, 0.15) is 51.5 Å². The number of carbonyl (C=O) groups is 3. The topological polar surface area (TPSA) is 99.8 Å². The minimum absolute atomic E-state index is 0.0407. The summed E-state index contributed by atoms with van der Waals surface area (Å²) in [5.41, 5.74) is 0.501. The van der Waals surface area contributed by atoms with E-state index < -0.39 is 29.8 Å². The summed E-state index contributed by atoms with van der Waals surface area (Å²) in [6.07, 6.45) is 3.77. The van der Waals surface area contributed by atoms with Crippen LogP contribution < -0.4 is 20.7 Å². The van der Waals surface area contributed by atoms with Crippen LogP contribution in [0.2, 0.25) is 0 Å². The summed E-state index contributed by atoms with van der Waals surface area (Å²) in [6.45, 7) is 4.14. The van der Waals surface area contributed by atoms with E-state index in [2.05, 4.69) is 16.0 Å². The van der Waals surface area contributed by atoms with Gasteiger partial charge in [-0.2, -0.15) is 4.39 Å². The molecule has 0 spiro atoms. The Morgan fingerprint density at radius 2 is 1.86 bits per heavy atom. The van der Waals surface area contributed by atoms with Crippen LogP contribution in [0.15, 0.2) is 12.1 Å². The lowest BCUT2D eigenvalue weighted by Gasteiger charge is -2.30. The van der Waals surface area contributed by atoms with Crippen molar-refractivity contribution in [3.63, 3.8) is 0 Å². The van der Waals surface area contributed by atoms with Gasteiger partial charge in [0.05, 0.1) is 6.04 Å². The van der Waals surface area contributed by atoms with Crippen LogP contribution in [0, 0.1) is 17.6 Å². The molecule has 35 heavy (non-hydrogen) atoms. The molecule has 10 heteroatoms. The second kappa shape index (κ2) is 12.3. The number of hydrogen-bond acceptors (Lipinski definition) is 5. The Kier molecular flexibility index (Phi) is 9.42. The number of amides is 3. The van der Waals surface area contributed by atoms with E-state index in [1.165, 1.54) is 11.0 Å². The van der Waals surface area contributed by atoms with Crippen molar-refractivity contribution in [2.75, 3.05) is 26.7 Å². The molecular formula is C25H36F2N4O4. The van der Waals surface area contributed by atoms with Gasteiger partial charge < -0.3 is 25.6 Å². The van der Waals surface area contributed by atoms with Crippen molar-refractivity contribution in [2.24, 2.45) is 5.92 Å². The van der Waals surface area contributed by atoms with Gasteiger partial charge >= 0.3 is 0 Å². The Bertz CT molecular complexity index is 925. The zero-order valence-electron chi connectivity index (χ0n) is 20.7. The van der Waals surface area contributed by atoms with Crippen molar-refractivity contribution in [1.29, 1.82) is 0 Å². The minimum Gasteiger partial charge on any atom is -0.489 e. The molecule has 0 bridgehead atoms. The molecule has 1 fully saturated rings. The minimum atomic E-state index is -1.05. The summed E-state index contributed by atoms with van der Waals surface area (Å²) in [5.74, 6) is -2.98. The number of hydrogen-bond donors (Lipinski definition) is 3. The second-order valence-electron chi connectivity index (χ2n) is 9.34. The molecule has 1 aliphatic carbocycles. The summed E-state index contributed by atoms with van der Waals surface area (Å²) in [7, 11) is 1.57. The molecule has 0 unspecified atom stereocenters. The number of carbonyl (C=O) groups excluding carboxylic acids is 3. The van der Waals surface area contributed by atoms with Crippen LogP contribution in [0.5, 0.6) is 5.75 Å². The fraction of sp³-hybridized carbons (Fsp3) is 0.640. The standard InChI is InChI=1S/C25H36F2N4O4/c1-4-6-19-24(33)29-12-5-7-17-10-11-18(26)20(27)22(17)35-14-13-28-21(16-8-9-16)25(34)31(3)15(2)23(32)30-19/h10-11,15-16,19,21,28H,4-9,12-14H2,1-3H3,(H,29,33)(H,30,32)/t15-,19-,21+/m1/s1. The van der Waals surface area contributed by atoms with Crippen molar-refractivity contribution in [1.82, 2.24) is 20.9 Å². The highest BCUT2D eigenvalue weighted by molar-refractivity contribution is 5.93. The van der Waals surface area contributed by atoms with Crippen LogP contribution in [-0.4, -0.2) is 67.5 Å². The van der Waals surface area contributed by atoms with Gasteiger partial charge in [0, 0.05) is 20.1 Å². The lowest BCUT2D eigenvalue weighted by atomic mass is 10.1. The Labute approximate surface area is 205 Å². The van der Waals surface area contributed by atoms with E-state index in [0.29, 0.717) is 37.8 Å². The number of nitrogens with one attached hydrogen (secondary N) is 3. The van der Waals surface area contributed by atoms with Crippen LogP contribution in [0.25, 0.3) is 0 Å². The van der Waals surface area contributed by atoms with E-state index >= 15 is 0 Å².